The highest BCUT2D eigenvalue weighted by atomic mass is 35.5. The Morgan fingerprint density at radius 2 is 2.03 bits per heavy atom. The SMILES string of the molecule is N#Cc1cc(Cl)c(C(=O)NC(CCOC2CC(CCc3ccc4c(n3)NCCC4)C2)C(=O)O)c(Cl)c1. The van der Waals surface area contributed by atoms with Gasteiger partial charge in [-0.1, -0.05) is 29.3 Å². The van der Waals surface area contributed by atoms with E-state index < -0.39 is 17.9 Å². The van der Waals surface area contributed by atoms with Gasteiger partial charge in [0, 0.05) is 25.3 Å². The number of carbonyl (C=O) groups excluding carboxylic acids is 1. The van der Waals surface area contributed by atoms with Gasteiger partial charge in [0.05, 0.1) is 33.3 Å². The van der Waals surface area contributed by atoms with Crippen LogP contribution in [0.5, 0.6) is 0 Å². The molecule has 0 spiro atoms. The Labute approximate surface area is 220 Å². The summed E-state index contributed by atoms with van der Waals surface area (Å²) in [5, 5.41) is 24.3. The molecule has 1 atom stereocenters. The molecule has 3 N–H and O–H groups in total. The van der Waals surface area contributed by atoms with Crippen LogP contribution in [0.25, 0.3) is 0 Å². The van der Waals surface area contributed by atoms with E-state index in [9.17, 15) is 14.7 Å². The van der Waals surface area contributed by atoms with Crippen LogP contribution in [0.2, 0.25) is 10.0 Å². The largest absolute Gasteiger partial charge is 0.480 e. The third kappa shape index (κ3) is 6.47. The molecule has 10 heteroatoms. The number of nitriles is 1. The molecule has 1 fully saturated rings. The van der Waals surface area contributed by atoms with E-state index >= 15 is 0 Å². The van der Waals surface area contributed by atoms with Gasteiger partial charge >= 0.3 is 5.97 Å². The standard InChI is InChI=1S/C26H28Cl2N4O4/c27-20-12-16(14-29)13-21(28)23(20)25(33)32-22(26(34)35)7-9-36-19-10-15(11-19)3-5-18-6-4-17-2-1-8-30-24(17)31-18/h4,6,12-13,15,19,22H,1-3,5,7-11H2,(H,30,31)(H,32,33)(H,34,35). The molecule has 2 aliphatic rings. The molecule has 1 saturated carbocycles. The topological polar surface area (TPSA) is 124 Å². The Balaban J connectivity index is 1.19. The normalized spacial score (nSPS) is 19.2. The highest BCUT2D eigenvalue weighted by Crippen LogP contribution is 2.34. The van der Waals surface area contributed by atoms with Gasteiger partial charge in [-0.3, -0.25) is 4.79 Å². The number of ether oxygens (including phenoxy) is 1. The summed E-state index contributed by atoms with van der Waals surface area (Å²) in [6.45, 7) is 1.19. The summed E-state index contributed by atoms with van der Waals surface area (Å²) in [5.74, 6) is -0.295. The van der Waals surface area contributed by atoms with Crippen molar-refractivity contribution < 1.29 is 19.4 Å². The molecule has 190 valence electrons. The van der Waals surface area contributed by atoms with Gasteiger partial charge in [0.2, 0.25) is 0 Å². The Hall–Kier alpha value is -2.86. The van der Waals surface area contributed by atoms with Crippen molar-refractivity contribution in [2.24, 2.45) is 5.92 Å². The number of amides is 1. The van der Waals surface area contributed by atoms with E-state index in [-0.39, 0.29) is 40.3 Å². The first kappa shape index (κ1) is 26.2. The first-order valence-corrected chi connectivity index (χ1v) is 12.9. The molecule has 1 amide bonds. The van der Waals surface area contributed by atoms with Crippen LogP contribution in [0.15, 0.2) is 24.3 Å². The summed E-state index contributed by atoms with van der Waals surface area (Å²) in [7, 11) is 0. The second-order valence-corrected chi connectivity index (χ2v) is 10.1. The predicted molar refractivity (Wildman–Crippen MR) is 137 cm³/mol. The minimum Gasteiger partial charge on any atom is -0.480 e. The number of nitrogens with zero attached hydrogens (tertiary/aromatic N) is 2. The van der Waals surface area contributed by atoms with E-state index in [1.165, 1.54) is 17.7 Å². The lowest BCUT2D eigenvalue weighted by Gasteiger charge is -2.35. The van der Waals surface area contributed by atoms with Gasteiger partial charge in [0.1, 0.15) is 11.9 Å². The minimum absolute atomic E-state index is 0.0145. The number of carboxylic acids is 1. The number of pyridine rings is 1. The zero-order chi connectivity index (χ0) is 25.7. The summed E-state index contributed by atoms with van der Waals surface area (Å²) in [5.41, 5.74) is 2.55. The first-order chi connectivity index (χ1) is 17.3. The van der Waals surface area contributed by atoms with Crippen molar-refractivity contribution in [3.63, 3.8) is 0 Å². The number of nitrogens with one attached hydrogen (secondary N) is 2. The molecule has 1 aliphatic carbocycles. The average molecular weight is 531 g/mol. The van der Waals surface area contributed by atoms with Crippen molar-refractivity contribution >= 4 is 40.9 Å². The number of benzene rings is 1. The van der Waals surface area contributed by atoms with Gasteiger partial charge in [0.15, 0.2) is 0 Å². The van der Waals surface area contributed by atoms with Gasteiger partial charge in [0.25, 0.3) is 5.91 Å². The molecule has 8 nitrogen and oxygen atoms in total. The lowest BCUT2D eigenvalue weighted by atomic mass is 9.79. The van der Waals surface area contributed by atoms with E-state index in [0.29, 0.717) is 5.92 Å². The second kappa shape index (κ2) is 11.9. The number of aryl methyl sites for hydroxylation is 2. The predicted octanol–water partition coefficient (Wildman–Crippen LogP) is 4.62. The van der Waals surface area contributed by atoms with Gasteiger partial charge < -0.3 is 20.5 Å². The molecule has 1 aliphatic heterocycles. The minimum atomic E-state index is -1.17. The van der Waals surface area contributed by atoms with Gasteiger partial charge in [-0.05, 0) is 68.2 Å². The zero-order valence-electron chi connectivity index (χ0n) is 19.7. The summed E-state index contributed by atoms with van der Waals surface area (Å²) < 4.78 is 5.85. The summed E-state index contributed by atoms with van der Waals surface area (Å²) in [6.07, 6.45) is 6.29. The fourth-order valence-electron chi connectivity index (χ4n) is 4.60. The Morgan fingerprint density at radius 1 is 1.28 bits per heavy atom. The molecule has 1 aromatic carbocycles. The number of hydrogen-bond donors (Lipinski definition) is 3. The number of halogens is 2. The number of fused-ring (bicyclic) bond motifs is 1. The molecule has 4 rings (SSSR count). The summed E-state index contributed by atoms with van der Waals surface area (Å²) >= 11 is 12.2. The van der Waals surface area contributed by atoms with Crippen molar-refractivity contribution in [2.45, 2.75) is 57.1 Å². The first-order valence-electron chi connectivity index (χ1n) is 12.1. The van der Waals surface area contributed by atoms with E-state index in [2.05, 4.69) is 22.8 Å². The van der Waals surface area contributed by atoms with Crippen LogP contribution in [0, 0.1) is 17.2 Å². The number of carbonyl (C=O) groups is 2. The zero-order valence-corrected chi connectivity index (χ0v) is 21.2. The van der Waals surface area contributed by atoms with Crippen LogP contribution >= 0.6 is 23.2 Å². The lowest BCUT2D eigenvalue weighted by Crippen LogP contribution is -2.42. The van der Waals surface area contributed by atoms with Crippen molar-refractivity contribution in [2.75, 3.05) is 18.5 Å². The van der Waals surface area contributed by atoms with E-state index in [4.69, 9.17) is 38.2 Å². The molecule has 1 aromatic heterocycles. The van der Waals surface area contributed by atoms with Crippen LogP contribution in [-0.4, -0.2) is 47.3 Å². The smallest absolute Gasteiger partial charge is 0.326 e. The van der Waals surface area contributed by atoms with E-state index in [1.807, 2.05) is 6.07 Å². The number of anilines is 1. The molecule has 0 radical (unpaired) electrons. The average Bonchev–Trinajstić information content (AvgIpc) is 2.83. The van der Waals surface area contributed by atoms with Crippen molar-refractivity contribution in [1.29, 1.82) is 5.26 Å². The van der Waals surface area contributed by atoms with Crippen LogP contribution in [-0.2, 0) is 22.4 Å². The van der Waals surface area contributed by atoms with Gasteiger partial charge in [-0.2, -0.15) is 5.26 Å². The number of carboxylic acid groups (broad SMARTS) is 1. The lowest BCUT2D eigenvalue weighted by molar-refractivity contribution is -0.140. The molecule has 2 heterocycles. The fraction of sp³-hybridized carbons (Fsp3) is 0.462. The number of rotatable bonds is 10. The third-order valence-electron chi connectivity index (χ3n) is 6.71. The highest BCUT2D eigenvalue weighted by molar-refractivity contribution is 6.39. The van der Waals surface area contributed by atoms with Crippen LogP contribution in [0.4, 0.5) is 5.82 Å². The Morgan fingerprint density at radius 3 is 2.72 bits per heavy atom. The molecular weight excluding hydrogens is 503 g/mol. The molecule has 0 saturated heterocycles. The number of aromatic nitrogens is 1. The fourth-order valence-corrected chi connectivity index (χ4v) is 5.26. The summed E-state index contributed by atoms with van der Waals surface area (Å²) in [6, 6.07) is 7.67. The summed E-state index contributed by atoms with van der Waals surface area (Å²) in [4.78, 5) is 29.0. The van der Waals surface area contributed by atoms with Gasteiger partial charge in [-0.25, -0.2) is 9.78 Å². The van der Waals surface area contributed by atoms with Crippen LogP contribution in [0.1, 0.15) is 59.3 Å². The Kier molecular flexibility index (Phi) is 8.68. The maximum absolute atomic E-state index is 12.6. The molecule has 1 unspecified atom stereocenters. The number of hydrogen-bond acceptors (Lipinski definition) is 6. The third-order valence-corrected chi connectivity index (χ3v) is 7.31. The van der Waals surface area contributed by atoms with Crippen molar-refractivity contribution in [3.05, 3.63) is 56.7 Å². The van der Waals surface area contributed by atoms with Crippen molar-refractivity contribution in [1.82, 2.24) is 10.3 Å². The molecule has 0 bridgehead atoms. The Bertz CT molecular complexity index is 1150. The molecule has 2 aromatic rings. The molecular formula is C26H28Cl2N4O4. The van der Waals surface area contributed by atoms with Gasteiger partial charge in [-0.15, -0.1) is 0 Å². The van der Waals surface area contributed by atoms with Crippen molar-refractivity contribution in [3.8, 4) is 6.07 Å². The van der Waals surface area contributed by atoms with Crippen LogP contribution in [0.3, 0.4) is 0 Å². The number of aliphatic carboxylic acids is 1. The van der Waals surface area contributed by atoms with E-state index in [0.717, 1.165) is 56.6 Å². The molecule has 36 heavy (non-hydrogen) atoms. The van der Waals surface area contributed by atoms with Crippen LogP contribution < -0.4 is 10.6 Å². The maximum atomic E-state index is 12.6. The monoisotopic (exact) mass is 530 g/mol. The quantitative estimate of drug-likeness (QED) is 0.409. The second-order valence-electron chi connectivity index (χ2n) is 9.29. The highest BCUT2D eigenvalue weighted by Gasteiger charge is 2.30. The van der Waals surface area contributed by atoms with E-state index in [1.54, 1.807) is 0 Å². The maximum Gasteiger partial charge on any atom is 0.326 e.